The molecule has 0 saturated heterocycles. The van der Waals surface area contributed by atoms with Gasteiger partial charge in [0.25, 0.3) is 0 Å². The monoisotopic (exact) mass is 351 g/mol. The summed E-state index contributed by atoms with van der Waals surface area (Å²) in [5.74, 6) is 0.585. The van der Waals surface area contributed by atoms with Crippen LogP contribution in [-0.4, -0.2) is 34.6 Å². The molecule has 0 fully saturated rings. The Bertz CT molecular complexity index is 973. The van der Waals surface area contributed by atoms with Crippen molar-refractivity contribution in [2.24, 2.45) is 7.05 Å². The Labute approximate surface area is 138 Å². The molecule has 0 spiro atoms. The molecule has 0 bridgehead atoms. The average Bonchev–Trinajstić information content (AvgIpc) is 3.17. The van der Waals surface area contributed by atoms with Gasteiger partial charge in [0.05, 0.1) is 26.8 Å². The maximum atomic E-state index is 6.19. The van der Waals surface area contributed by atoms with Crippen molar-refractivity contribution in [2.45, 2.75) is 13.8 Å². The number of nitrogens with zero attached hydrogens (tertiary/aromatic N) is 7. The molecule has 4 aromatic rings. The molecule has 10 heteroatoms. The molecule has 7 nitrogen and oxygen atoms in total. The van der Waals surface area contributed by atoms with Crippen molar-refractivity contribution in [3.05, 3.63) is 21.9 Å². The second-order valence-electron chi connectivity index (χ2n) is 4.74. The molecule has 0 amide bonds. The lowest BCUT2D eigenvalue weighted by atomic mass is 10.4. The third kappa shape index (κ3) is 1.97. The minimum atomic E-state index is 0.524. The smallest absolute Gasteiger partial charge is 0.235 e. The number of rotatable bonds is 2. The summed E-state index contributed by atoms with van der Waals surface area (Å²) in [5.41, 5.74) is 1.68. The minimum absolute atomic E-state index is 0.524. The van der Waals surface area contributed by atoms with E-state index in [0.717, 1.165) is 20.6 Å². The van der Waals surface area contributed by atoms with Crippen molar-refractivity contribution >= 4 is 39.2 Å². The van der Waals surface area contributed by atoms with Gasteiger partial charge < -0.3 is 0 Å². The van der Waals surface area contributed by atoms with Crippen LogP contribution in [-0.2, 0) is 7.05 Å². The number of fused-ring (bicyclic) bond motifs is 1. The Morgan fingerprint density at radius 3 is 2.64 bits per heavy atom. The molecule has 0 atom stereocenters. The first-order valence-corrected chi connectivity index (χ1v) is 8.40. The van der Waals surface area contributed by atoms with Crippen LogP contribution in [0.5, 0.6) is 0 Å². The summed E-state index contributed by atoms with van der Waals surface area (Å²) in [5, 5.41) is 19.6. The standard InChI is InChI=1S/C12H10ClN7S2/c1-5-9(21-6(2)15-5)11-18-20-10(16-17-12(20)22-11)8-7(13)4-14-19(8)3/h4H,1-3H3. The van der Waals surface area contributed by atoms with Crippen LogP contribution in [0, 0.1) is 13.8 Å². The lowest BCUT2D eigenvalue weighted by Gasteiger charge is -1.98. The van der Waals surface area contributed by atoms with E-state index in [9.17, 15) is 0 Å². The van der Waals surface area contributed by atoms with E-state index in [4.69, 9.17) is 11.6 Å². The van der Waals surface area contributed by atoms with Gasteiger partial charge in [0.15, 0.2) is 5.01 Å². The number of aryl methyl sites for hydroxylation is 3. The molecule has 4 aromatic heterocycles. The van der Waals surface area contributed by atoms with Gasteiger partial charge in [-0.3, -0.25) is 4.68 Å². The highest BCUT2D eigenvalue weighted by molar-refractivity contribution is 7.24. The van der Waals surface area contributed by atoms with Crippen LogP contribution in [0.2, 0.25) is 5.02 Å². The Morgan fingerprint density at radius 2 is 2.00 bits per heavy atom. The predicted octanol–water partition coefficient (Wildman–Crippen LogP) is 2.98. The van der Waals surface area contributed by atoms with Crippen LogP contribution in [0.1, 0.15) is 10.7 Å². The van der Waals surface area contributed by atoms with Gasteiger partial charge in [-0.25, -0.2) is 4.98 Å². The Kier molecular flexibility index (Phi) is 3.03. The first-order chi connectivity index (χ1) is 10.5. The molecule has 4 heterocycles. The molecule has 0 radical (unpaired) electrons. The molecule has 4 rings (SSSR count). The fourth-order valence-electron chi connectivity index (χ4n) is 2.25. The van der Waals surface area contributed by atoms with Gasteiger partial charge in [-0.1, -0.05) is 22.9 Å². The van der Waals surface area contributed by atoms with E-state index in [0.29, 0.717) is 21.5 Å². The summed E-state index contributed by atoms with van der Waals surface area (Å²) in [4.78, 5) is 6.23. The number of hydrogen-bond donors (Lipinski definition) is 0. The maximum absolute atomic E-state index is 6.19. The van der Waals surface area contributed by atoms with Gasteiger partial charge in [-0.05, 0) is 13.8 Å². The van der Waals surface area contributed by atoms with E-state index in [1.807, 2.05) is 20.9 Å². The molecule has 0 aliphatic carbocycles. The van der Waals surface area contributed by atoms with E-state index < -0.39 is 0 Å². The molecule has 0 aliphatic heterocycles. The highest BCUT2D eigenvalue weighted by atomic mass is 35.5. The van der Waals surface area contributed by atoms with E-state index >= 15 is 0 Å². The fourth-order valence-corrected chi connectivity index (χ4v) is 4.38. The second-order valence-corrected chi connectivity index (χ2v) is 7.30. The first-order valence-electron chi connectivity index (χ1n) is 6.39. The summed E-state index contributed by atoms with van der Waals surface area (Å²) < 4.78 is 3.37. The summed E-state index contributed by atoms with van der Waals surface area (Å²) in [6, 6.07) is 0. The predicted molar refractivity (Wildman–Crippen MR) is 86.5 cm³/mol. The Hall–Kier alpha value is -1.84. The van der Waals surface area contributed by atoms with Crippen LogP contribution in [0.15, 0.2) is 6.20 Å². The molecule has 0 aliphatic rings. The lowest BCUT2D eigenvalue weighted by molar-refractivity contribution is 0.764. The third-order valence-corrected chi connectivity index (χ3v) is 5.60. The number of thiazole rings is 1. The maximum Gasteiger partial charge on any atom is 0.235 e. The molecule has 0 saturated carbocycles. The van der Waals surface area contributed by atoms with Crippen molar-refractivity contribution in [2.75, 3.05) is 0 Å². The molecular formula is C12H10ClN7S2. The van der Waals surface area contributed by atoms with Crippen molar-refractivity contribution in [3.63, 3.8) is 0 Å². The van der Waals surface area contributed by atoms with Crippen LogP contribution in [0.25, 0.3) is 26.4 Å². The second kappa shape index (κ2) is 4.83. The lowest BCUT2D eigenvalue weighted by Crippen LogP contribution is -1.98. The Balaban J connectivity index is 1.92. The van der Waals surface area contributed by atoms with Crippen molar-refractivity contribution in [3.8, 4) is 21.4 Å². The van der Waals surface area contributed by atoms with E-state index in [-0.39, 0.29) is 0 Å². The number of halogens is 1. The molecular weight excluding hydrogens is 342 g/mol. The molecule has 0 N–H and O–H groups in total. The Morgan fingerprint density at radius 1 is 1.18 bits per heavy atom. The van der Waals surface area contributed by atoms with E-state index in [2.05, 4.69) is 25.4 Å². The van der Waals surface area contributed by atoms with Gasteiger partial charge in [0, 0.05) is 7.05 Å². The average molecular weight is 352 g/mol. The highest BCUT2D eigenvalue weighted by Gasteiger charge is 2.21. The zero-order valence-corrected chi connectivity index (χ0v) is 14.3. The normalized spacial score (nSPS) is 11.6. The van der Waals surface area contributed by atoms with Crippen molar-refractivity contribution in [1.29, 1.82) is 0 Å². The van der Waals surface area contributed by atoms with E-state index in [1.54, 1.807) is 26.7 Å². The SMILES string of the molecule is Cc1nc(C)c(-c2nn3c(-c4c(Cl)cnn4C)nnc3s2)s1. The van der Waals surface area contributed by atoms with Crippen LogP contribution in [0.4, 0.5) is 0 Å². The van der Waals surface area contributed by atoms with Crippen LogP contribution in [0.3, 0.4) is 0 Å². The van der Waals surface area contributed by atoms with Crippen LogP contribution < -0.4 is 0 Å². The minimum Gasteiger partial charge on any atom is -0.263 e. The number of aromatic nitrogens is 7. The highest BCUT2D eigenvalue weighted by Crippen LogP contribution is 2.34. The van der Waals surface area contributed by atoms with Gasteiger partial charge in [-0.15, -0.1) is 21.5 Å². The topological polar surface area (TPSA) is 73.8 Å². The summed E-state index contributed by atoms with van der Waals surface area (Å²) in [6.45, 7) is 3.97. The zero-order chi connectivity index (χ0) is 15.4. The molecule has 112 valence electrons. The van der Waals surface area contributed by atoms with Crippen molar-refractivity contribution in [1.82, 2.24) is 34.6 Å². The van der Waals surface area contributed by atoms with Crippen LogP contribution >= 0.6 is 34.3 Å². The largest absolute Gasteiger partial charge is 0.263 e. The summed E-state index contributed by atoms with van der Waals surface area (Å²) >= 11 is 9.30. The van der Waals surface area contributed by atoms with Gasteiger partial charge in [-0.2, -0.15) is 14.7 Å². The summed E-state index contributed by atoms with van der Waals surface area (Å²) in [7, 11) is 1.81. The fraction of sp³-hybridized carbons (Fsp3) is 0.250. The van der Waals surface area contributed by atoms with Gasteiger partial charge in [0.1, 0.15) is 5.69 Å². The zero-order valence-electron chi connectivity index (χ0n) is 11.9. The van der Waals surface area contributed by atoms with Gasteiger partial charge in [0.2, 0.25) is 10.8 Å². The molecule has 22 heavy (non-hydrogen) atoms. The first kappa shape index (κ1) is 13.8. The van der Waals surface area contributed by atoms with Crippen molar-refractivity contribution < 1.29 is 0 Å². The third-order valence-electron chi connectivity index (χ3n) is 3.19. The van der Waals surface area contributed by atoms with E-state index in [1.165, 1.54) is 11.3 Å². The quantitative estimate of drug-likeness (QED) is 0.555. The van der Waals surface area contributed by atoms with Gasteiger partial charge >= 0.3 is 0 Å². The molecule has 0 unspecified atom stereocenters. The summed E-state index contributed by atoms with van der Waals surface area (Å²) in [6.07, 6.45) is 1.59. The number of hydrogen-bond acceptors (Lipinski definition) is 7. The molecule has 0 aromatic carbocycles.